The maximum absolute atomic E-state index is 7.44. The second-order valence-corrected chi connectivity index (χ2v) is 3.52. The van der Waals surface area contributed by atoms with E-state index < -0.39 is 0 Å². The largest absolute Gasteiger partial charge is 0.487 e. The summed E-state index contributed by atoms with van der Waals surface area (Å²) in [6.45, 7) is 0.366. The van der Waals surface area contributed by atoms with Crippen molar-refractivity contribution >= 4 is 5.84 Å². The van der Waals surface area contributed by atoms with Crippen LogP contribution in [0.4, 0.5) is 0 Å². The lowest BCUT2D eigenvalue weighted by Crippen LogP contribution is -2.13. The van der Waals surface area contributed by atoms with Crippen molar-refractivity contribution in [3.05, 3.63) is 59.9 Å². The maximum Gasteiger partial charge on any atom is 0.130 e. The highest BCUT2D eigenvalue weighted by Crippen LogP contribution is 2.18. The summed E-state index contributed by atoms with van der Waals surface area (Å²) in [4.78, 5) is 4.16. The number of pyridine rings is 1. The zero-order valence-electron chi connectivity index (χ0n) is 9.26. The summed E-state index contributed by atoms with van der Waals surface area (Å²) >= 11 is 0. The Labute approximate surface area is 99.6 Å². The van der Waals surface area contributed by atoms with E-state index >= 15 is 0 Å². The normalized spacial score (nSPS) is 9.88. The van der Waals surface area contributed by atoms with E-state index in [1.807, 2.05) is 30.3 Å². The average molecular weight is 227 g/mol. The third-order valence-electron chi connectivity index (χ3n) is 2.28. The summed E-state index contributed by atoms with van der Waals surface area (Å²) in [7, 11) is 0. The molecule has 86 valence electrons. The first-order valence-corrected chi connectivity index (χ1v) is 5.23. The monoisotopic (exact) mass is 227 g/mol. The SMILES string of the molecule is N=C(N)c1ccccc1OCc1ccccn1. The Hall–Kier alpha value is -2.36. The van der Waals surface area contributed by atoms with Crippen LogP contribution in [0.25, 0.3) is 0 Å². The molecule has 1 heterocycles. The summed E-state index contributed by atoms with van der Waals surface area (Å²) < 4.78 is 5.60. The Bertz CT molecular complexity index is 511. The molecule has 0 fully saturated rings. The molecular formula is C13H13N3O. The number of para-hydroxylation sites is 1. The van der Waals surface area contributed by atoms with Gasteiger partial charge in [0, 0.05) is 6.20 Å². The zero-order valence-corrected chi connectivity index (χ0v) is 9.26. The predicted molar refractivity (Wildman–Crippen MR) is 66.0 cm³/mol. The second kappa shape index (κ2) is 5.12. The van der Waals surface area contributed by atoms with Crippen LogP contribution in [0.1, 0.15) is 11.3 Å². The van der Waals surface area contributed by atoms with Crippen molar-refractivity contribution in [1.82, 2.24) is 4.98 Å². The first-order chi connectivity index (χ1) is 8.27. The van der Waals surface area contributed by atoms with Gasteiger partial charge in [-0.1, -0.05) is 18.2 Å². The van der Waals surface area contributed by atoms with E-state index in [-0.39, 0.29) is 5.84 Å². The Morgan fingerprint density at radius 3 is 2.65 bits per heavy atom. The van der Waals surface area contributed by atoms with Crippen molar-refractivity contribution in [2.24, 2.45) is 5.73 Å². The molecule has 0 radical (unpaired) electrons. The van der Waals surface area contributed by atoms with Gasteiger partial charge in [0.05, 0.1) is 11.3 Å². The van der Waals surface area contributed by atoms with Crippen LogP contribution in [0.2, 0.25) is 0 Å². The molecule has 0 atom stereocenters. The van der Waals surface area contributed by atoms with Gasteiger partial charge in [-0.15, -0.1) is 0 Å². The smallest absolute Gasteiger partial charge is 0.130 e. The lowest BCUT2D eigenvalue weighted by Gasteiger charge is -2.09. The van der Waals surface area contributed by atoms with Crippen LogP contribution in [-0.4, -0.2) is 10.8 Å². The number of benzene rings is 1. The van der Waals surface area contributed by atoms with Crippen LogP contribution in [0, 0.1) is 5.41 Å². The standard InChI is InChI=1S/C13H13N3O/c14-13(15)11-6-1-2-7-12(11)17-9-10-5-3-4-8-16-10/h1-8H,9H2,(H3,14,15). The quantitative estimate of drug-likeness (QED) is 0.619. The molecule has 0 saturated heterocycles. The van der Waals surface area contributed by atoms with Crippen LogP contribution in [0.15, 0.2) is 48.7 Å². The van der Waals surface area contributed by atoms with Crippen molar-refractivity contribution in [2.75, 3.05) is 0 Å². The van der Waals surface area contributed by atoms with Gasteiger partial charge in [-0.2, -0.15) is 0 Å². The van der Waals surface area contributed by atoms with Gasteiger partial charge in [0.15, 0.2) is 0 Å². The molecule has 0 aliphatic rings. The molecule has 1 aromatic carbocycles. The number of nitrogens with zero attached hydrogens (tertiary/aromatic N) is 1. The number of ether oxygens (including phenoxy) is 1. The van der Waals surface area contributed by atoms with Crippen molar-refractivity contribution in [3.63, 3.8) is 0 Å². The molecule has 0 amide bonds. The Morgan fingerprint density at radius 1 is 1.18 bits per heavy atom. The highest BCUT2D eigenvalue weighted by Gasteiger charge is 2.05. The minimum Gasteiger partial charge on any atom is -0.487 e. The van der Waals surface area contributed by atoms with Crippen LogP contribution < -0.4 is 10.5 Å². The summed E-state index contributed by atoms with van der Waals surface area (Å²) in [5, 5.41) is 7.44. The van der Waals surface area contributed by atoms with Crippen molar-refractivity contribution in [2.45, 2.75) is 6.61 Å². The van der Waals surface area contributed by atoms with Gasteiger partial charge in [-0.25, -0.2) is 0 Å². The van der Waals surface area contributed by atoms with E-state index in [4.69, 9.17) is 15.9 Å². The summed E-state index contributed by atoms with van der Waals surface area (Å²) in [5.41, 5.74) is 6.91. The van der Waals surface area contributed by atoms with E-state index in [0.717, 1.165) is 5.69 Å². The molecule has 2 rings (SSSR count). The zero-order chi connectivity index (χ0) is 12.1. The fourth-order valence-electron chi connectivity index (χ4n) is 1.45. The van der Waals surface area contributed by atoms with Gasteiger partial charge in [0.1, 0.15) is 18.2 Å². The molecular weight excluding hydrogens is 214 g/mol. The van der Waals surface area contributed by atoms with E-state index in [1.54, 1.807) is 18.3 Å². The van der Waals surface area contributed by atoms with Gasteiger partial charge in [0.2, 0.25) is 0 Å². The summed E-state index contributed by atoms with van der Waals surface area (Å²) in [6, 6.07) is 12.9. The first-order valence-electron chi connectivity index (χ1n) is 5.23. The molecule has 2 aromatic rings. The molecule has 0 aliphatic heterocycles. The van der Waals surface area contributed by atoms with Gasteiger partial charge in [-0.05, 0) is 24.3 Å². The lowest BCUT2D eigenvalue weighted by molar-refractivity contribution is 0.300. The topological polar surface area (TPSA) is 72.0 Å². The number of amidine groups is 1. The lowest BCUT2D eigenvalue weighted by atomic mass is 10.2. The predicted octanol–water partition coefficient (Wildman–Crippen LogP) is 1.94. The molecule has 4 nitrogen and oxygen atoms in total. The second-order valence-electron chi connectivity index (χ2n) is 3.52. The van der Waals surface area contributed by atoms with Gasteiger partial charge in [0.25, 0.3) is 0 Å². The van der Waals surface area contributed by atoms with E-state index in [0.29, 0.717) is 17.9 Å². The Morgan fingerprint density at radius 2 is 1.94 bits per heavy atom. The van der Waals surface area contributed by atoms with Crippen molar-refractivity contribution in [3.8, 4) is 5.75 Å². The van der Waals surface area contributed by atoms with E-state index in [1.165, 1.54) is 0 Å². The minimum absolute atomic E-state index is 0.00150. The van der Waals surface area contributed by atoms with Crippen molar-refractivity contribution < 1.29 is 4.74 Å². The number of aromatic nitrogens is 1. The van der Waals surface area contributed by atoms with Crippen LogP contribution in [0.3, 0.4) is 0 Å². The number of rotatable bonds is 4. The van der Waals surface area contributed by atoms with Crippen molar-refractivity contribution in [1.29, 1.82) is 5.41 Å². The fourth-order valence-corrected chi connectivity index (χ4v) is 1.45. The summed E-state index contributed by atoms with van der Waals surface area (Å²) in [6.07, 6.45) is 1.72. The number of hydrogen-bond acceptors (Lipinski definition) is 3. The first kappa shape index (κ1) is 11.1. The highest BCUT2D eigenvalue weighted by atomic mass is 16.5. The van der Waals surface area contributed by atoms with Crippen LogP contribution >= 0.6 is 0 Å². The third kappa shape index (κ3) is 2.81. The molecule has 4 heteroatoms. The van der Waals surface area contributed by atoms with Gasteiger partial charge < -0.3 is 10.5 Å². The molecule has 0 bridgehead atoms. The number of hydrogen-bond donors (Lipinski definition) is 2. The van der Waals surface area contributed by atoms with Crippen LogP contribution in [-0.2, 0) is 6.61 Å². The molecule has 3 N–H and O–H groups in total. The molecule has 0 saturated carbocycles. The van der Waals surface area contributed by atoms with E-state index in [2.05, 4.69) is 4.98 Å². The minimum atomic E-state index is 0.00150. The molecule has 1 aromatic heterocycles. The maximum atomic E-state index is 7.44. The number of nitrogens with one attached hydrogen (secondary N) is 1. The van der Waals surface area contributed by atoms with Crippen LogP contribution in [0.5, 0.6) is 5.75 Å². The molecule has 0 aliphatic carbocycles. The van der Waals surface area contributed by atoms with Gasteiger partial charge >= 0.3 is 0 Å². The third-order valence-corrected chi connectivity index (χ3v) is 2.28. The molecule has 0 unspecified atom stereocenters. The fraction of sp³-hybridized carbons (Fsp3) is 0.0769. The number of nitrogen functional groups attached to an aromatic ring is 1. The molecule has 0 spiro atoms. The van der Waals surface area contributed by atoms with Gasteiger partial charge in [-0.3, -0.25) is 10.4 Å². The highest BCUT2D eigenvalue weighted by molar-refractivity contribution is 5.97. The number of nitrogens with two attached hydrogens (primary N) is 1. The Balaban J connectivity index is 2.12. The molecule has 17 heavy (non-hydrogen) atoms. The Kier molecular flexibility index (Phi) is 3.35. The average Bonchev–Trinajstić information content (AvgIpc) is 2.38. The van der Waals surface area contributed by atoms with E-state index in [9.17, 15) is 0 Å². The summed E-state index contributed by atoms with van der Waals surface area (Å²) in [5.74, 6) is 0.604.